The molecule has 1 aromatic rings. The van der Waals surface area contributed by atoms with Crippen molar-refractivity contribution in [2.24, 2.45) is 12.5 Å². The summed E-state index contributed by atoms with van der Waals surface area (Å²) >= 11 is 0. The maximum Gasteiger partial charge on any atom is 0.0492 e. The summed E-state index contributed by atoms with van der Waals surface area (Å²) in [5, 5.41) is 7.88. The van der Waals surface area contributed by atoms with Gasteiger partial charge < -0.3 is 5.32 Å². The first kappa shape index (κ1) is 9.40. The maximum absolute atomic E-state index is 4.30. The summed E-state index contributed by atoms with van der Waals surface area (Å²) in [6.45, 7) is 2.35. The molecule has 0 aromatic carbocycles. The fourth-order valence-electron chi connectivity index (χ4n) is 3.55. The van der Waals surface area contributed by atoms with Crippen LogP contribution in [0.3, 0.4) is 0 Å². The van der Waals surface area contributed by atoms with Crippen LogP contribution in [0.5, 0.6) is 0 Å². The van der Waals surface area contributed by atoms with Gasteiger partial charge in [0.05, 0.1) is 0 Å². The zero-order chi connectivity index (χ0) is 10.3. The van der Waals surface area contributed by atoms with Crippen molar-refractivity contribution in [2.75, 3.05) is 13.1 Å². The summed E-state index contributed by atoms with van der Waals surface area (Å²) in [4.78, 5) is 0. The molecule has 1 N–H and O–H groups in total. The van der Waals surface area contributed by atoms with Gasteiger partial charge in [0.15, 0.2) is 0 Å². The topological polar surface area (TPSA) is 29.9 Å². The highest BCUT2D eigenvalue weighted by Gasteiger charge is 2.46. The highest BCUT2D eigenvalue weighted by atomic mass is 15.3. The van der Waals surface area contributed by atoms with E-state index in [2.05, 4.69) is 28.2 Å². The van der Waals surface area contributed by atoms with Crippen molar-refractivity contribution in [3.05, 3.63) is 18.0 Å². The van der Waals surface area contributed by atoms with E-state index < -0.39 is 0 Å². The molecule has 1 aromatic heterocycles. The van der Waals surface area contributed by atoms with Crippen molar-refractivity contribution >= 4 is 0 Å². The fourth-order valence-corrected chi connectivity index (χ4v) is 3.55. The highest BCUT2D eigenvalue weighted by Crippen LogP contribution is 2.50. The number of aromatic nitrogens is 2. The Bertz CT molecular complexity index is 344. The molecule has 3 rings (SSSR count). The zero-order valence-electron chi connectivity index (χ0n) is 9.37. The smallest absolute Gasteiger partial charge is 0.0492 e. The lowest BCUT2D eigenvalue weighted by atomic mass is 9.75. The van der Waals surface area contributed by atoms with Crippen LogP contribution in [0, 0.1) is 5.41 Å². The first-order chi connectivity index (χ1) is 7.32. The molecule has 0 amide bonds. The first-order valence-corrected chi connectivity index (χ1v) is 6.00. The lowest BCUT2D eigenvalue weighted by Gasteiger charge is -2.29. The molecule has 0 radical (unpaired) electrons. The van der Waals surface area contributed by atoms with E-state index >= 15 is 0 Å². The second kappa shape index (κ2) is 3.34. The molecule has 1 aliphatic carbocycles. The van der Waals surface area contributed by atoms with E-state index in [4.69, 9.17) is 0 Å². The third kappa shape index (κ3) is 1.33. The van der Waals surface area contributed by atoms with E-state index in [1.807, 2.05) is 6.20 Å². The maximum atomic E-state index is 4.30. The highest BCUT2D eigenvalue weighted by molar-refractivity contribution is 5.18. The Kier molecular flexibility index (Phi) is 2.09. The minimum Gasteiger partial charge on any atom is -0.315 e. The molecular weight excluding hydrogens is 186 g/mol. The van der Waals surface area contributed by atoms with E-state index in [1.165, 1.54) is 37.9 Å². The summed E-state index contributed by atoms with van der Waals surface area (Å²) in [5.74, 6) is 0.688. The van der Waals surface area contributed by atoms with Crippen molar-refractivity contribution in [1.29, 1.82) is 0 Å². The number of aryl methyl sites for hydroxylation is 1. The number of hydrogen-bond donors (Lipinski definition) is 1. The molecule has 3 heteroatoms. The van der Waals surface area contributed by atoms with Crippen LogP contribution >= 0.6 is 0 Å². The third-order valence-corrected chi connectivity index (χ3v) is 4.38. The quantitative estimate of drug-likeness (QED) is 0.755. The van der Waals surface area contributed by atoms with E-state index in [0.29, 0.717) is 11.3 Å². The molecule has 1 spiro atoms. The van der Waals surface area contributed by atoms with Gasteiger partial charge in [-0.25, -0.2) is 0 Å². The summed E-state index contributed by atoms with van der Waals surface area (Å²) in [5.41, 5.74) is 1.97. The minimum absolute atomic E-state index is 0.549. The Labute approximate surface area is 90.9 Å². The zero-order valence-corrected chi connectivity index (χ0v) is 9.37. The molecule has 0 bridgehead atoms. The molecule has 2 heterocycles. The van der Waals surface area contributed by atoms with Gasteiger partial charge >= 0.3 is 0 Å². The van der Waals surface area contributed by atoms with Gasteiger partial charge in [-0.3, -0.25) is 4.68 Å². The molecule has 1 atom stereocenters. The average Bonchev–Trinajstić information content (AvgIpc) is 2.90. The largest absolute Gasteiger partial charge is 0.315 e. The summed E-state index contributed by atoms with van der Waals surface area (Å²) < 4.78 is 2.05. The number of rotatable bonds is 1. The molecule has 3 nitrogen and oxygen atoms in total. The normalized spacial score (nSPS) is 29.0. The fraction of sp³-hybridized carbons (Fsp3) is 0.750. The summed E-state index contributed by atoms with van der Waals surface area (Å²) in [7, 11) is 2.07. The van der Waals surface area contributed by atoms with Gasteiger partial charge in [0.1, 0.15) is 0 Å². The second-order valence-corrected chi connectivity index (χ2v) is 5.13. The number of nitrogens with zero attached hydrogens (tertiary/aromatic N) is 2. The Morgan fingerprint density at radius 3 is 2.93 bits per heavy atom. The van der Waals surface area contributed by atoms with Crippen LogP contribution in [0.15, 0.2) is 12.3 Å². The van der Waals surface area contributed by atoms with E-state index in [0.717, 1.165) is 6.54 Å². The van der Waals surface area contributed by atoms with Gasteiger partial charge in [0.25, 0.3) is 0 Å². The monoisotopic (exact) mass is 205 g/mol. The van der Waals surface area contributed by atoms with Crippen LogP contribution < -0.4 is 5.32 Å². The molecule has 1 saturated heterocycles. The molecule has 1 unspecified atom stereocenters. The summed E-state index contributed by atoms with van der Waals surface area (Å²) in [6, 6.07) is 2.19. The Hall–Kier alpha value is -0.830. The van der Waals surface area contributed by atoms with Crippen molar-refractivity contribution in [1.82, 2.24) is 15.1 Å². The van der Waals surface area contributed by atoms with Crippen LogP contribution in [-0.4, -0.2) is 22.9 Å². The minimum atomic E-state index is 0.549. The first-order valence-electron chi connectivity index (χ1n) is 6.00. The number of nitrogens with one attached hydrogen (secondary N) is 1. The predicted molar refractivity (Wildman–Crippen MR) is 59.7 cm³/mol. The standard InChI is InChI=1S/C12H19N3/c1-15-11(4-7-14-15)10-8-13-9-12(10)5-2-3-6-12/h4,7,10,13H,2-3,5-6,8-9H2,1H3. The van der Waals surface area contributed by atoms with Crippen LogP contribution in [0.1, 0.15) is 37.3 Å². The van der Waals surface area contributed by atoms with E-state index in [-0.39, 0.29) is 0 Å². The van der Waals surface area contributed by atoms with Gasteiger partial charge in [0.2, 0.25) is 0 Å². The Morgan fingerprint density at radius 2 is 2.27 bits per heavy atom. The lowest BCUT2D eigenvalue weighted by Crippen LogP contribution is -2.26. The lowest BCUT2D eigenvalue weighted by molar-refractivity contribution is 0.286. The molecule has 15 heavy (non-hydrogen) atoms. The van der Waals surface area contributed by atoms with Gasteiger partial charge in [-0.2, -0.15) is 5.10 Å². The Balaban J connectivity index is 1.95. The van der Waals surface area contributed by atoms with Crippen LogP contribution in [0.2, 0.25) is 0 Å². The summed E-state index contributed by atoms with van der Waals surface area (Å²) in [6.07, 6.45) is 7.55. The van der Waals surface area contributed by atoms with Crippen molar-refractivity contribution in [2.45, 2.75) is 31.6 Å². The van der Waals surface area contributed by atoms with Crippen LogP contribution in [-0.2, 0) is 7.05 Å². The van der Waals surface area contributed by atoms with E-state index in [1.54, 1.807) is 0 Å². The van der Waals surface area contributed by atoms with Crippen molar-refractivity contribution < 1.29 is 0 Å². The molecule has 2 aliphatic rings. The predicted octanol–water partition coefficient (Wildman–Crippen LogP) is 1.67. The van der Waals surface area contributed by atoms with Crippen molar-refractivity contribution in [3.8, 4) is 0 Å². The molecular formula is C12H19N3. The van der Waals surface area contributed by atoms with Crippen molar-refractivity contribution in [3.63, 3.8) is 0 Å². The van der Waals surface area contributed by atoms with Gasteiger partial charge in [-0.15, -0.1) is 0 Å². The average molecular weight is 205 g/mol. The Morgan fingerprint density at radius 1 is 1.47 bits per heavy atom. The van der Waals surface area contributed by atoms with E-state index in [9.17, 15) is 0 Å². The molecule has 2 fully saturated rings. The van der Waals surface area contributed by atoms with Gasteiger partial charge in [-0.05, 0) is 24.3 Å². The molecule has 1 saturated carbocycles. The molecule has 1 aliphatic heterocycles. The second-order valence-electron chi connectivity index (χ2n) is 5.13. The molecule has 82 valence electrons. The van der Waals surface area contributed by atoms with Crippen LogP contribution in [0.4, 0.5) is 0 Å². The van der Waals surface area contributed by atoms with Crippen LogP contribution in [0.25, 0.3) is 0 Å². The van der Waals surface area contributed by atoms with Gasteiger partial charge in [0, 0.05) is 37.9 Å². The van der Waals surface area contributed by atoms with Gasteiger partial charge in [-0.1, -0.05) is 12.8 Å². The SMILES string of the molecule is Cn1nccc1C1CNCC12CCCC2. The third-order valence-electron chi connectivity index (χ3n) is 4.38. The number of hydrogen-bond acceptors (Lipinski definition) is 2.